The van der Waals surface area contributed by atoms with Gasteiger partial charge in [-0.25, -0.2) is 0 Å². The van der Waals surface area contributed by atoms with Gasteiger partial charge in [0.25, 0.3) is 0 Å². The molecule has 1 aliphatic rings. The zero-order valence-corrected chi connectivity index (χ0v) is 16.2. The number of rotatable bonds is 7. The van der Waals surface area contributed by atoms with E-state index in [1.165, 1.54) is 0 Å². The molecule has 0 aliphatic carbocycles. The molecule has 1 unspecified atom stereocenters. The standard InChI is InChI=1S/C23H28N2O2/c1-24(2)21-13-10-20(11-14-21)17-25(18-22-9-6-16-27-22)23(26)15-12-19-7-4-3-5-8-19/h3-5,7-8,10-15,22H,6,9,16-18H2,1-2H3/b15-12+. The summed E-state index contributed by atoms with van der Waals surface area (Å²) in [6, 6.07) is 18.3. The van der Waals surface area contributed by atoms with Crippen molar-refractivity contribution >= 4 is 17.7 Å². The summed E-state index contributed by atoms with van der Waals surface area (Å²) in [4.78, 5) is 16.8. The summed E-state index contributed by atoms with van der Waals surface area (Å²) in [5.74, 6) is 0.0195. The summed E-state index contributed by atoms with van der Waals surface area (Å²) in [6.45, 7) is 2.02. The third-order valence-corrected chi connectivity index (χ3v) is 4.80. The second-order valence-electron chi connectivity index (χ2n) is 7.16. The lowest BCUT2D eigenvalue weighted by Gasteiger charge is -2.25. The van der Waals surface area contributed by atoms with Crippen LogP contribution in [0.5, 0.6) is 0 Å². The van der Waals surface area contributed by atoms with Gasteiger partial charge in [0.05, 0.1) is 6.10 Å². The van der Waals surface area contributed by atoms with Crippen molar-refractivity contribution in [2.45, 2.75) is 25.5 Å². The smallest absolute Gasteiger partial charge is 0.246 e. The molecule has 27 heavy (non-hydrogen) atoms. The molecule has 1 aliphatic heterocycles. The van der Waals surface area contributed by atoms with Gasteiger partial charge in [0.15, 0.2) is 0 Å². The Morgan fingerprint density at radius 2 is 1.85 bits per heavy atom. The molecule has 1 atom stereocenters. The van der Waals surface area contributed by atoms with Crippen molar-refractivity contribution in [1.29, 1.82) is 0 Å². The second-order valence-corrected chi connectivity index (χ2v) is 7.16. The van der Waals surface area contributed by atoms with E-state index >= 15 is 0 Å². The topological polar surface area (TPSA) is 32.8 Å². The zero-order chi connectivity index (χ0) is 19.1. The highest BCUT2D eigenvalue weighted by Gasteiger charge is 2.21. The zero-order valence-electron chi connectivity index (χ0n) is 16.2. The number of anilines is 1. The Labute approximate surface area is 162 Å². The minimum atomic E-state index is 0.0195. The Morgan fingerprint density at radius 1 is 1.11 bits per heavy atom. The van der Waals surface area contributed by atoms with Crippen LogP contribution in [0.2, 0.25) is 0 Å². The Bertz CT molecular complexity index is 748. The highest BCUT2D eigenvalue weighted by molar-refractivity contribution is 5.91. The van der Waals surface area contributed by atoms with Crippen LogP contribution in [0.4, 0.5) is 5.69 Å². The lowest BCUT2D eigenvalue weighted by atomic mass is 10.1. The Kier molecular flexibility index (Phi) is 6.66. The molecule has 0 radical (unpaired) electrons. The summed E-state index contributed by atoms with van der Waals surface area (Å²) in [6.07, 6.45) is 5.77. The average Bonchev–Trinajstić information content (AvgIpc) is 3.20. The van der Waals surface area contributed by atoms with Crippen LogP contribution in [0, 0.1) is 0 Å². The van der Waals surface area contributed by atoms with E-state index in [-0.39, 0.29) is 12.0 Å². The number of benzene rings is 2. The van der Waals surface area contributed by atoms with E-state index < -0.39 is 0 Å². The van der Waals surface area contributed by atoms with E-state index in [1.807, 2.05) is 55.4 Å². The Morgan fingerprint density at radius 3 is 2.48 bits per heavy atom. The molecular formula is C23H28N2O2. The molecule has 1 amide bonds. The van der Waals surface area contributed by atoms with Gasteiger partial charge in [0.2, 0.25) is 5.91 Å². The monoisotopic (exact) mass is 364 g/mol. The van der Waals surface area contributed by atoms with Crippen molar-refractivity contribution in [3.05, 3.63) is 71.8 Å². The van der Waals surface area contributed by atoms with Crippen molar-refractivity contribution < 1.29 is 9.53 Å². The van der Waals surface area contributed by atoms with E-state index in [0.717, 1.165) is 36.3 Å². The molecule has 4 heteroatoms. The molecule has 3 rings (SSSR count). The van der Waals surface area contributed by atoms with Gasteiger partial charge in [0, 0.05) is 45.6 Å². The highest BCUT2D eigenvalue weighted by atomic mass is 16.5. The summed E-state index contributed by atoms with van der Waals surface area (Å²) < 4.78 is 5.76. The summed E-state index contributed by atoms with van der Waals surface area (Å²) in [5, 5.41) is 0. The molecule has 0 saturated carbocycles. The van der Waals surface area contributed by atoms with Crippen molar-refractivity contribution in [3.63, 3.8) is 0 Å². The van der Waals surface area contributed by atoms with Crippen molar-refractivity contribution in [3.8, 4) is 0 Å². The predicted octanol–water partition coefficient (Wildman–Crippen LogP) is 3.97. The van der Waals surface area contributed by atoms with E-state index in [0.29, 0.717) is 13.1 Å². The summed E-state index contributed by atoms with van der Waals surface area (Å²) in [5.41, 5.74) is 3.30. The number of amides is 1. The van der Waals surface area contributed by atoms with Gasteiger partial charge in [0.1, 0.15) is 0 Å². The van der Waals surface area contributed by atoms with Crippen LogP contribution < -0.4 is 4.90 Å². The van der Waals surface area contributed by atoms with Gasteiger partial charge in [-0.15, -0.1) is 0 Å². The van der Waals surface area contributed by atoms with E-state index in [4.69, 9.17) is 4.74 Å². The first kappa shape index (κ1) is 19.2. The normalized spacial score (nSPS) is 16.6. The first-order valence-corrected chi connectivity index (χ1v) is 9.52. The lowest BCUT2D eigenvalue weighted by Crippen LogP contribution is -2.35. The predicted molar refractivity (Wildman–Crippen MR) is 111 cm³/mol. The van der Waals surface area contributed by atoms with Gasteiger partial charge in [-0.2, -0.15) is 0 Å². The highest BCUT2D eigenvalue weighted by Crippen LogP contribution is 2.18. The first-order valence-electron chi connectivity index (χ1n) is 9.52. The number of ether oxygens (including phenoxy) is 1. The molecule has 142 valence electrons. The van der Waals surface area contributed by atoms with E-state index in [2.05, 4.69) is 29.2 Å². The molecule has 0 spiro atoms. The van der Waals surface area contributed by atoms with Crippen molar-refractivity contribution in [2.24, 2.45) is 0 Å². The molecule has 2 aromatic carbocycles. The molecular weight excluding hydrogens is 336 g/mol. The fourth-order valence-electron chi connectivity index (χ4n) is 3.22. The lowest BCUT2D eigenvalue weighted by molar-refractivity contribution is -0.128. The maximum absolute atomic E-state index is 12.9. The third kappa shape index (κ3) is 5.69. The van der Waals surface area contributed by atoms with Gasteiger partial charge in [-0.1, -0.05) is 42.5 Å². The molecule has 0 N–H and O–H groups in total. The molecule has 0 aromatic heterocycles. The Hall–Kier alpha value is -2.59. The molecule has 0 bridgehead atoms. The number of hydrogen-bond acceptors (Lipinski definition) is 3. The van der Waals surface area contributed by atoms with Crippen LogP contribution in [0.25, 0.3) is 6.08 Å². The van der Waals surface area contributed by atoms with Crippen LogP contribution in [-0.2, 0) is 16.1 Å². The first-order chi connectivity index (χ1) is 13.1. The van der Waals surface area contributed by atoms with Crippen LogP contribution >= 0.6 is 0 Å². The maximum Gasteiger partial charge on any atom is 0.246 e. The maximum atomic E-state index is 12.9. The SMILES string of the molecule is CN(C)c1ccc(CN(CC2CCCO2)C(=O)/C=C/c2ccccc2)cc1. The van der Waals surface area contributed by atoms with Gasteiger partial charge in [-0.3, -0.25) is 4.79 Å². The number of nitrogens with zero attached hydrogens (tertiary/aromatic N) is 2. The van der Waals surface area contributed by atoms with E-state index in [9.17, 15) is 4.79 Å². The molecule has 2 aromatic rings. The number of carbonyl (C=O) groups is 1. The molecule has 1 fully saturated rings. The molecule has 1 heterocycles. The van der Waals surface area contributed by atoms with Crippen molar-refractivity contribution in [2.75, 3.05) is 32.1 Å². The number of carbonyl (C=O) groups excluding carboxylic acids is 1. The summed E-state index contributed by atoms with van der Waals surface area (Å²) >= 11 is 0. The minimum Gasteiger partial charge on any atom is -0.378 e. The minimum absolute atomic E-state index is 0.0195. The largest absolute Gasteiger partial charge is 0.378 e. The van der Waals surface area contributed by atoms with Crippen LogP contribution in [-0.4, -0.2) is 44.2 Å². The Balaban J connectivity index is 1.71. The molecule has 4 nitrogen and oxygen atoms in total. The van der Waals surface area contributed by atoms with Gasteiger partial charge in [-0.05, 0) is 42.2 Å². The second kappa shape index (κ2) is 9.38. The number of hydrogen-bond donors (Lipinski definition) is 0. The fraction of sp³-hybridized carbons (Fsp3) is 0.348. The summed E-state index contributed by atoms with van der Waals surface area (Å²) in [7, 11) is 4.05. The molecule has 1 saturated heterocycles. The van der Waals surface area contributed by atoms with Crippen molar-refractivity contribution in [1.82, 2.24) is 4.90 Å². The van der Waals surface area contributed by atoms with Gasteiger partial charge < -0.3 is 14.5 Å². The van der Waals surface area contributed by atoms with Crippen LogP contribution in [0.3, 0.4) is 0 Å². The fourth-order valence-corrected chi connectivity index (χ4v) is 3.22. The van der Waals surface area contributed by atoms with Crippen LogP contribution in [0.15, 0.2) is 60.7 Å². The van der Waals surface area contributed by atoms with Crippen LogP contribution in [0.1, 0.15) is 24.0 Å². The third-order valence-electron chi connectivity index (χ3n) is 4.80. The quantitative estimate of drug-likeness (QED) is 0.697. The average molecular weight is 364 g/mol. The van der Waals surface area contributed by atoms with E-state index in [1.54, 1.807) is 6.08 Å². The van der Waals surface area contributed by atoms with Gasteiger partial charge >= 0.3 is 0 Å².